The number of phenols is 1. The Morgan fingerprint density at radius 2 is 1.93 bits per heavy atom. The average Bonchev–Trinajstić information content (AvgIpc) is 3.62. The molecular formula is C23H24N4O2. The number of anilines is 2. The molecular weight excluding hydrogens is 364 g/mol. The van der Waals surface area contributed by atoms with Gasteiger partial charge in [0.25, 0.3) is 0 Å². The number of morpholine rings is 1. The number of aromatic nitrogens is 2. The second-order valence-corrected chi connectivity index (χ2v) is 8.28. The van der Waals surface area contributed by atoms with Gasteiger partial charge in [0.2, 0.25) is 5.95 Å². The van der Waals surface area contributed by atoms with Gasteiger partial charge in [-0.05, 0) is 24.1 Å². The molecule has 2 saturated heterocycles. The lowest BCUT2D eigenvalue weighted by Crippen LogP contribution is -2.36. The van der Waals surface area contributed by atoms with Gasteiger partial charge < -0.3 is 24.6 Å². The van der Waals surface area contributed by atoms with Gasteiger partial charge in [0.15, 0.2) is 0 Å². The molecule has 2 atom stereocenters. The Morgan fingerprint density at radius 1 is 1.10 bits per heavy atom. The van der Waals surface area contributed by atoms with Crippen LogP contribution in [-0.4, -0.2) is 53.5 Å². The van der Waals surface area contributed by atoms with Crippen molar-refractivity contribution in [2.24, 2.45) is 0 Å². The van der Waals surface area contributed by atoms with E-state index in [9.17, 15) is 5.11 Å². The summed E-state index contributed by atoms with van der Waals surface area (Å²) in [6.45, 7) is 4.21. The van der Waals surface area contributed by atoms with Gasteiger partial charge in [-0.15, -0.1) is 0 Å². The lowest BCUT2D eigenvalue weighted by Gasteiger charge is -2.29. The van der Waals surface area contributed by atoms with Crippen molar-refractivity contribution in [3.63, 3.8) is 0 Å². The monoisotopic (exact) mass is 388 g/mol. The predicted molar refractivity (Wildman–Crippen MR) is 113 cm³/mol. The van der Waals surface area contributed by atoms with E-state index in [0.717, 1.165) is 55.7 Å². The van der Waals surface area contributed by atoms with Crippen LogP contribution >= 0.6 is 0 Å². The number of aromatic amines is 1. The van der Waals surface area contributed by atoms with Crippen molar-refractivity contribution in [1.29, 1.82) is 0 Å². The molecule has 6 nitrogen and oxygen atoms in total. The predicted octanol–water partition coefficient (Wildman–Crippen LogP) is 3.37. The summed E-state index contributed by atoms with van der Waals surface area (Å²) in [7, 11) is 0. The molecule has 0 bridgehead atoms. The van der Waals surface area contributed by atoms with Crippen LogP contribution < -0.4 is 9.80 Å². The lowest BCUT2D eigenvalue weighted by atomic mass is 10.1. The van der Waals surface area contributed by atoms with Gasteiger partial charge in [0, 0.05) is 42.9 Å². The van der Waals surface area contributed by atoms with Crippen LogP contribution in [0.1, 0.15) is 17.9 Å². The minimum Gasteiger partial charge on any atom is -0.507 e. The molecule has 29 heavy (non-hydrogen) atoms. The number of hydrogen-bond donors (Lipinski definition) is 2. The summed E-state index contributed by atoms with van der Waals surface area (Å²) < 4.78 is 5.41. The van der Waals surface area contributed by atoms with Gasteiger partial charge in [0.1, 0.15) is 5.75 Å². The summed E-state index contributed by atoms with van der Waals surface area (Å²) in [5, 5.41) is 10.6. The summed E-state index contributed by atoms with van der Waals surface area (Å²) in [4.78, 5) is 12.6. The molecule has 2 unspecified atom stereocenters. The fraction of sp³-hybridized carbons (Fsp3) is 0.348. The number of benzene rings is 2. The van der Waals surface area contributed by atoms with E-state index in [4.69, 9.17) is 4.74 Å². The number of aromatic hydroxyl groups is 1. The van der Waals surface area contributed by atoms with E-state index >= 15 is 0 Å². The van der Waals surface area contributed by atoms with E-state index in [1.807, 2.05) is 18.3 Å². The van der Waals surface area contributed by atoms with Crippen molar-refractivity contribution in [3.8, 4) is 17.0 Å². The Bertz CT molecular complexity index is 1040. The number of nitrogens with zero attached hydrogens (tertiary/aromatic N) is 3. The highest BCUT2D eigenvalue weighted by Gasteiger charge is 2.70. The van der Waals surface area contributed by atoms with E-state index in [1.165, 1.54) is 12.0 Å². The van der Waals surface area contributed by atoms with Crippen LogP contribution in [0, 0.1) is 0 Å². The third-order valence-corrected chi connectivity index (χ3v) is 6.58. The number of ether oxygens (including phenoxy) is 1. The van der Waals surface area contributed by atoms with Gasteiger partial charge in [-0.1, -0.05) is 30.3 Å². The highest BCUT2D eigenvalue weighted by Crippen LogP contribution is 2.65. The van der Waals surface area contributed by atoms with Gasteiger partial charge in [-0.25, -0.2) is 4.98 Å². The molecule has 1 spiro atoms. The van der Waals surface area contributed by atoms with Crippen LogP contribution in [0.2, 0.25) is 0 Å². The molecule has 2 N–H and O–H groups in total. The first-order valence-corrected chi connectivity index (χ1v) is 10.3. The Balaban J connectivity index is 1.20. The zero-order valence-corrected chi connectivity index (χ0v) is 16.2. The molecule has 0 amide bonds. The first kappa shape index (κ1) is 16.9. The number of H-pyrrole nitrogens is 1. The van der Waals surface area contributed by atoms with Gasteiger partial charge in [0.05, 0.1) is 30.6 Å². The molecule has 2 aliphatic heterocycles. The van der Waals surface area contributed by atoms with E-state index in [0.29, 0.717) is 5.92 Å². The Kier molecular flexibility index (Phi) is 3.65. The molecule has 6 heteroatoms. The first-order chi connectivity index (χ1) is 14.2. The lowest BCUT2D eigenvalue weighted by molar-refractivity contribution is 0.122. The van der Waals surface area contributed by atoms with E-state index in [1.54, 1.807) is 0 Å². The summed E-state index contributed by atoms with van der Waals surface area (Å²) >= 11 is 0. The van der Waals surface area contributed by atoms with Crippen molar-refractivity contribution in [2.75, 3.05) is 42.6 Å². The second-order valence-electron chi connectivity index (χ2n) is 8.28. The maximum atomic E-state index is 10.6. The number of phenolic OH excluding ortho intramolecular Hbond substituents is 1. The molecule has 3 fully saturated rings. The van der Waals surface area contributed by atoms with Crippen LogP contribution in [0.5, 0.6) is 5.75 Å². The van der Waals surface area contributed by atoms with Gasteiger partial charge in [-0.3, -0.25) is 0 Å². The van der Waals surface area contributed by atoms with Crippen molar-refractivity contribution >= 4 is 11.6 Å². The van der Waals surface area contributed by atoms with E-state index in [-0.39, 0.29) is 11.3 Å². The zero-order valence-electron chi connectivity index (χ0n) is 16.2. The number of nitrogens with one attached hydrogen (secondary N) is 1. The van der Waals surface area contributed by atoms with E-state index in [2.05, 4.69) is 56.2 Å². The van der Waals surface area contributed by atoms with Crippen LogP contribution in [0.4, 0.5) is 11.6 Å². The molecule has 6 rings (SSSR count). The smallest absolute Gasteiger partial charge is 0.203 e. The molecule has 148 valence electrons. The largest absolute Gasteiger partial charge is 0.507 e. The fourth-order valence-corrected chi connectivity index (χ4v) is 4.76. The number of hydrogen-bond acceptors (Lipinski definition) is 5. The minimum absolute atomic E-state index is 0.249. The normalized spacial score (nSPS) is 25.4. The molecule has 3 aliphatic rings. The molecule has 2 aromatic carbocycles. The zero-order chi connectivity index (χ0) is 19.4. The van der Waals surface area contributed by atoms with Crippen LogP contribution in [0.3, 0.4) is 0 Å². The van der Waals surface area contributed by atoms with Crippen molar-refractivity contribution in [2.45, 2.75) is 17.9 Å². The summed E-state index contributed by atoms with van der Waals surface area (Å²) in [6.07, 6.45) is 3.01. The quantitative estimate of drug-likeness (QED) is 0.671. The minimum atomic E-state index is 0.249. The third-order valence-electron chi connectivity index (χ3n) is 6.58. The van der Waals surface area contributed by atoms with E-state index < -0.39 is 0 Å². The molecule has 1 saturated carbocycles. The van der Waals surface area contributed by atoms with Crippen LogP contribution in [0.25, 0.3) is 11.3 Å². The van der Waals surface area contributed by atoms with Crippen molar-refractivity contribution < 1.29 is 9.84 Å². The third kappa shape index (κ3) is 2.78. The average molecular weight is 388 g/mol. The number of rotatable bonds is 4. The molecule has 3 aromatic rings. The molecule has 1 aliphatic carbocycles. The van der Waals surface area contributed by atoms with Crippen LogP contribution in [-0.2, 0) is 4.74 Å². The molecule has 1 aromatic heterocycles. The van der Waals surface area contributed by atoms with Crippen molar-refractivity contribution in [3.05, 3.63) is 60.3 Å². The first-order valence-electron chi connectivity index (χ1n) is 10.3. The van der Waals surface area contributed by atoms with Crippen molar-refractivity contribution in [1.82, 2.24) is 9.97 Å². The Morgan fingerprint density at radius 3 is 2.72 bits per heavy atom. The maximum absolute atomic E-state index is 10.6. The van der Waals surface area contributed by atoms with Crippen LogP contribution in [0.15, 0.2) is 54.7 Å². The topological polar surface area (TPSA) is 64.4 Å². The summed E-state index contributed by atoms with van der Waals surface area (Å²) in [5.74, 6) is 1.77. The fourth-order valence-electron chi connectivity index (χ4n) is 4.76. The molecule has 3 heterocycles. The Labute approximate surface area is 169 Å². The summed E-state index contributed by atoms with van der Waals surface area (Å²) in [5.41, 5.74) is 4.33. The highest BCUT2D eigenvalue weighted by molar-refractivity contribution is 5.72. The highest BCUT2D eigenvalue weighted by atomic mass is 16.5. The standard InChI is InChI=1S/C23H24N4O2/c28-21-12-17(26-8-10-29-11-9-26)6-7-18(21)20-14-24-22(25-20)27-15-23(27)13-19(23)16-4-2-1-3-5-16/h1-7,12,14,19,28H,8-11,13,15H2,(H,24,25). The Hall–Kier alpha value is -2.99. The SMILES string of the molecule is Oc1cc(N2CCOCC2)ccc1-c1cnc(N2CC23CC3c2ccccc2)[nH]1. The summed E-state index contributed by atoms with van der Waals surface area (Å²) in [6, 6.07) is 16.6. The maximum Gasteiger partial charge on any atom is 0.203 e. The van der Waals surface area contributed by atoms with Gasteiger partial charge >= 0.3 is 0 Å². The van der Waals surface area contributed by atoms with Gasteiger partial charge in [-0.2, -0.15) is 0 Å². The second kappa shape index (κ2) is 6.26. The molecule has 0 radical (unpaired) electrons. The number of imidazole rings is 1.